The number of nitrogens with zero attached hydrogens (tertiary/aromatic N) is 4. The highest BCUT2D eigenvalue weighted by atomic mass is 32.2. The number of aromatic nitrogens is 2. The summed E-state index contributed by atoms with van der Waals surface area (Å²) in [6.45, 7) is 0.954. The lowest BCUT2D eigenvalue weighted by atomic mass is 10.2. The van der Waals surface area contributed by atoms with Crippen molar-refractivity contribution in [3.8, 4) is 0 Å². The summed E-state index contributed by atoms with van der Waals surface area (Å²) in [5.74, 6) is 0. The van der Waals surface area contributed by atoms with Crippen LogP contribution in [-0.4, -0.2) is 66.9 Å². The summed E-state index contributed by atoms with van der Waals surface area (Å²) in [4.78, 5) is 13.0. The van der Waals surface area contributed by atoms with Crippen LogP contribution in [0.2, 0.25) is 0 Å². The van der Waals surface area contributed by atoms with Crippen molar-refractivity contribution < 1.29 is 13.2 Å². The van der Waals surface area contributed by atoms with Crippen LogP contribution in [0.15, 0.2) is 12.3 Å². The van der Waals surface area contributed by atoms with Crippen LogP contribution in [0.4, 0.5) is 4.79 Å². The fraction of sp³-hybridized carbons (Fsp3) is 0.636. The maximum Gasteiger partial charge on any atom is 0.316 e. The summed E-state index contributed by atoms with van der Waals surface area (Å²) in [7, 11) is 0.0371. The number of urea groups is 1. The van der Waals surface area contributed by atoms with Crippen molar-refractivity contribution in [2.75, 3.05) is 33.4 Å². The van der Waals surface area contributed by atoms with Gasteiger partial charge in [-0.1, -0.05) is 0 Å². The molecule has 1 aromatic rings. The van der Waals surface area contributed by atoms with Crippen molar-refractivity contribution in [3.63, 3.8) is 0 Å². The highest BCUT2D eigenvalue weighted by Gasteiger charge is 2.30. The average molecular weight is 301 g/mol. The van der Waals surface area contributed by atoms with Gasteiger partial charge in [-0.05, 0) is 6.07 Å². The Labute approximate surface area is 118 Å². The topological polar surface area (TPSA) is 87.5 Å². The van der Waals surface area contributed by atoms with Crippen molar-refractivity contribution >= 4 is 16.1 Å². The molecule has 1 N–H and O–H groups in total. The van der Waals surface area contributed by atoms with E-state index in [4.69, 9.17) is 0 Å². The highest BCUT2D eigenvalue weighted by molar-refractivity contribution is 7.88. The normalized spacial score (nSPS) is 19.4. The first-order valence-electron chi connectivity index (χ1n) is 6.21. The summed E-state index contributed by atoms with van der Waals surface area (Å²) in [5, 5.41) is 6.97. The first-order chi connectivity index (χ1) is 9.29. The van der Waals surface area contributed by atoms with Gasteiger partial charge in [-0.2, -0.15) is 9.40 Å². The molecule has 0 aromatic carbocycles. The Morgan fingerprint density at radius 2 is 2.25 bits per heavy atom. The van der Waals surface area contributed by atoms with Crippen LogP contribution in [0.25, 0.3) is 0 Å². The second-order valence-electron chi connectivity index (χ2n) is 5.06. The van der Waals surface area contributed by atoms with E-state index in [0.717, 1.165) is 5.69 Å². The Morgan fingerprint density at radius 3 is 2.85 bits per heavy atom. The van der Waals surface area contributed by atoms with Gasteiger partial charge in [0.05, 0.1) is 24.5 Å². The largest absolute Gasteiger partial charge is 0.336 e. The molecular formula is C11H19N5O3S. The number of amides is 2. The molecule has 0 bridgehead atoms. The van der Waals surface area contributed by atoms with E-state index in [9.17, 15) is 13.2 Å². The minimum Gasteiger partial charge on any atom is -0.336 e. The molecule has 9 heteroatoms. The summed E-state index contributed by atoms with van der Waals surface area (Å²) in [5.41, 5.74) is 0.825. The van der Waals surface area contributed by atoms with E-state index in [-0.39, 0.29) is 12.1 Å². The predicted octanol–water partition coefficient (Wildman–Crippen LogP) is -0.529. The molecule has 0 saturated carbocycles. The van der Waals surface area contributed by atoms with Gasteiger partial charge in [-0.25, -0.2) is 13.2 Å². The third kappa shape index (κ3) is 3.10. The first kappa shape index (κ1) is 14.8. The van der Waals surface area contributed by atoms with Gasteiger partial charge in [0.15, 0.2) is 0 Å². The SMILES string of the molecule is CN(C)C(=O)NCC1CN(S(C)(=O)=O)Cc2ccnn21. The van der Waals surface area contributed by atoms with E-state index in [1.165, 1.54) is 15.5 Å². The van der Waals surface area contributed by atoms with Crippen LogP contribution in [0.3, 0.4) is 0 Å². The van der Waals surface area contributed by atoms with Crippen molar-refractivity contribution in [1.82, 2.24) is 24.3 Å². The van der Waals surface area contributed by atoms with E-state index in [0.29, 0.717) is 19.6 Å². The fourth-order valence-corrected chi connectivity index (χ4v) is 2.93. The van der Waals surface area contributed by atoms with Gasteiger partial charge in [-0.3, -0.25) is 4.68 Å². The maximum absolute atomic E-state index is 11.7. The smallest absolute Gasteiger partial charge is 0.316 e. The molecule has 112 valence electrons. The number of fused-ring (bicyclic) bond motifs is 1. The van der Waals surface area contributed by atoms with E-state index < -0.39 is 10.0 Å². The van der Waals surface area contributed by atoms with Crippen molar-refractivity contribution in [1.29, 1.82) is 0 Å². The monoisotopic (exact) mass is 301 g/mol. The van der Waals surface area contributed by atoms with Gasteiger partial charge in [0.1, 0.15) is 0 Å². The van der Waals surface area contributed by atoms with Gasteiger partial charge < -0.3 is 10.2 Å². The minimum absolute atomic E-state index is 0.202. The van der Waals surface area contributed by atoms with E-state index in [1.807, 2.05) is 0 Å². The predicted molar refractivity (Wildman–Crippen MR) is 73.6 cm³/mol. The Hall–Kier alpha value is -1.61. The third-order valence-electron chi connectivity index (χ3n) is 3.21. The zero-order valence-electron chi connectivity index (χ0n) is 11.8. The Balaban J connectivity index is 2.14. The molecule has 0 radical (unpaired) electrons. The molecule has 2 heterocycles. The molecule has 2 amide bonds. The van der Waals surface area contributed by atoms with Crippen molar-refractivity contribution in [2.45, 2.75) is 12.6 Å². The molecule has 1 unspecified atom stereocenters. The molecular weight excluding hydrogens is 282 g/mol. The lowest BCUT2D eigenvalue weighted by molar-refractivity contribution is 0.209. The van der Waals surface area contributed by atoms with Crippen LogP contribution in [0.1, 0.15) is 11.7 Å². The van der Waals surface area contributed by atoms with E-state index >= 15 is 0 Å². The molecule has 0 spiro atoms. The summed E-state index contributed by atoms with van der Waals surface area (Å²) in [6.07, 6.45) is 2.83. The standard InChI is InChI=1S/C11H19N5O3S/c1-14(2)11(17)12-6-10-8-15(20(3,18)19)7-9-4-5-13-16(9)10/h4-5,10H,6-8H2,1-3H3,(H,12,17). The van der Waals surface area contributed by atoms with Gasteiger partial charge >= 0.3 is 6.03 Å². The number of hydrogen-bond acceptors (Lipinski definition) is 4. The average Bonchev–Trinajstić information content (AvgIpc) is 2.82. The molecule has 1 aliphatic heterocycles. The molecule has 1 aliphatic rings. The number of sulfonamides is 1. The second-order valence-corrected chi connectivity index (χ2v) is 7.04. The number of rotatable bonds is 3. The van der Waals surface area contributed by atoms with Crippen LogP contribution in [0.5, 0.6) is 0 Å². The molecule has 1 atom stereocenters. The first-order valence-corrected chi connectivity index (χ1v) is 8.06. The summed E-state index contributed by atoms with van der Waals surface area (Å²) >= 11 is 0. The van der Waals surface area contributed by atoms with Crippen LogP contribution >= 0.6 is 0 Å². The lowest BCUT2D eigenvalue weighted by Crippen LogP contribution is -2.46. The summed E-state index contributed by atoms with van der Waals surface area (Å²) in [6, 6.07) is 1.38. The number of carbonyl (C=O) groups is 1. The molecule has 8 nitrogen and oxygen atoms in total. The number of carbonyl (C=O) groups excluding carboxylic acids is 1. The third-order valence-corrected chi connectivity index (χ3v) is 4.43. The maximum atomic E-state index is 11.7. The number of hydrogen-bond donors (Lipinski definition) is 1. The van der Waals surface area contributed by atoms with Crippen molar-refractivity contribution in [2.24, 2.45) is 0 Å². The molecule has 20 heavy (non-hydrogen) atoms. The zero-order valence-corrected chi connectivity index (χ0v) is 12.6. The molecule has 0 aliphatic carbocycles. The van der Waals surface area contributed by atoms with Gasteiger partial charge in [0.25, 0.3) is 0 Å². The number of nitrogens with one attached hydrogen (secondary N) is 1. The summed E-state index contributed by atoms with van der Waals surface area (Å²) < 4.78 is 26.6. The van der Waals surface area contributed by atoms with E-state index in [2.05, 4.69) is 10.4 Å². The Kier molecular flexibility index (Phi) is 4.00. The lowest BCUT2D eigenvalue weighted by Gasteiger charge is -2.32. The fourth-order valence-electron chi connectivity index (χ4n) is 2.12. The second kappa shape index (κ2) is 5.41. The van der Waals surface area contributed by atoms with Gasteiger partial charge in [0.2, 0.25) is 10.0 Å². The van der Waals surface area contributed by atoms with Crippen LogP contribution in [-0.2, 0) is 16.6 Å². The molecule has 0 fully saturated rings. The molecule has 0 saturated heterocycles. The quantitative estimate of drug-likeness (QED) is 0.813. The van der Waals surface area contributed by atoms with Crippen LogP contribution in [0, 0.1) is 0 Å². The molecule has 1 aromatic heterocycles. The molecule has 2 rings (SSSR count). The van der Waals surface area contributed by atoms with E-state index in [1.54, 1.807) is 31.0 Å². The van der Waals surface area contributed by atoms with Gasteiger partial charge in [0, 0.05) is 33.4 Å². The Bertz CT molecular complexity index is 595. The van der Waals surface area contributed by atoms with Crippen LogP contribution < -0.4 is 5.32 Å². The Morgan fingerprint density at radius 1 is 1.55 bits per heavy atom. The van der Waals surface area contributed by atoms with Gasteiger partial charge in [-0.15, -0.1) is 0 Å². The van der Waals surface area contributed by atoms with Crippen molar-refractivity contribution in [3.05, 3.63) is 18.0 Å². The highest BCUT2D eigenvalue weighted by Crippen LogP contribution is 2.21. The zero-order chi connectivity index (χ0) is 14.9. The minimum atomic E-state index is -3.27.